The SMILES string of the molecule is O=C1CN(Cc2nnc[nH]2)[C@@H](c2ccccc2)[C@@H](COCc2cc(C(F)(F)F)cc(C(F)(F)F)c2)N1. The van der Waals surface area contributed by atoms with Crippen LogP contribution in [0.3, 0.4) is 0 Å². The van der Waals surface area contributed by atoms with Gasteiger partial charge in [0.25, 0.3) is 0 Å². The normalized spacial score (nSPS) is 19.3. The number of rotatable bonds is 7. The van der Waals surface area contributed by atoms with Gasteiger partial charge in [0, 0.05) is 0 Å². The summed E-state index contributed by atoms with van der Waals surface area (Å²) in [7, 11) is 0. The van der Waals surface area contributed by atoms with Crippen LogP contribution in [0.2, 0.25) is 0 Å². The quantitative estimate of drug-likeness (QED) is 0.465. The van der Waals surface area contributed by atoms with Crippen LogP contribution in [0.15, 0.2) is 54.9 Å². The van der Waals surface area contributed by atoms with Gasteiger partial charge in [-0.1, -0.05) is 30.3 Å². The number of nitrogens with zero attached hydrogens (tertiary/aromatic N) is 3. The van der Waals surface area contributed by atoms with Gasteiger partial charge in [-0.15, -0.1) is 10.2 Å². The van der Waals surface area contributed by atoms with Crippen molar-refractivity contribution < 1.29 is 35.9 Å². The first kappa shape index (κ1) is 25.6. The summed E-state index contributed by atoms with van der Waals surface area (Å²) < 4.78 is 84.5. The molecule has 1 aliphatic rings. The Balaban J connectivity index is 1.54. The van der Waals surface area contributed by atoms with Gasteiger partial charge >= 0.3 is 12.4 Å². The molecule has 0 bridgehead atoms. The number of amides is 1. The Morgan fingerprint density at radius 1 is 1.00 bits per heavy atom. The van der Waals surface area contributed by atoms with Gasteiger partial charge in [-0.25, -0.2) is 0 Å². The fourth-order valence-electron chi connectivity index (χ4n) is 4.16. The monoisotopic (exact) mass is 513 g/mol. The van der Waals surface area contributed by atoms with Crippen LogP contribution in [0, 0.1) is 0 Å². The number of H-pyrrole nitrogens is 1. The molecule has 3 aromatic rings. The first-order valence-corrected chi connectivity index (χ1v) is 10.8. The van der Waals surface area contributed by atoms with E-state index >= 15 is 0 Å². The molecule has 1 amide bonds. The average Bonchev–Trinajstić information content (AvgIpc) is 3.31. The third-order valence-electron chi connectivity index (χ3n) is 5.64. The number of aromatic amines is 1. The standard InChI is InChI=1S/C23H21F6N5O2/c24-22(25,26)16-6-14(7-17(8-16)23(27,28)29)11-36-12-18-21(15-4-2-1-3-5-15)34(10-20(35)32-18)9-19-30-13-31-33-19/h1-8,13,18,21H,9-12H2,(H,32,35)(H,30,31,33)/t18-,21+/m1/s1. The number of nitrogens with one attached hydrogen (secondary N) is 2. The van der Waals surface area contributed by atoms with Crippen molar-refractivity contribution >= 4 is 5.91 Å². The number of halogens is 6. The smallest absolute Gasteiger partial charge is 0.375 e. The third-order valence-corrected chi connectivity index (χ3v) is 5.64. The van der Waals surface area contributed by atoms with Crippen LogP contribution in [0.5, 0.6) is 0 Å². The van der Waals surface area contributed by atoms with E-state index in [1.807, 2.05) is 35.2 Å². The first-order chi connectivity index (χ1) is 17.0. The van der Waals surface area contributed by atoms with Crippen LogP contribution in [0.1, 0.15) is 34.1 Å². The second-order valence-electron chi connectivity index (χ2n) is 8.30. The molecule has 2 aromatic carbocycles. The number of hydrogen-bond acceptors (Lipinski definition) is 5. The van der Waals surface area contributed by atoms with Gasteiger partial charge in [-0.2, -0.15) is 26.3 Å². The lowest BCUT2D eigenvalue weighted by molar-refractivity contribution is -0.143. The van der Waals surface area contributed by atoms with Gasteiger partial charge in [-0.3, -0.25) is 9.69 Å². The van der Waals surface area contributed by atoms with Gasteiger partial charge in [0.15, 0.2) is 0 Å². The van der Waals surface area contributed by atoms with Crippen LogP contribution < -0.4 is 5.32 Å². The summed E-state index contributed by atoms with van der Waals surface area (Å²) in [6.07, 6.45) is -8.50. The molecular formula is C23H21F6N5O2. The number of ether oxygens (including phenoxy) is 1. The van der Waals surface area contributed by atoms with Crippen molar-refractivity contribution in [1.29, 1.82) is 0 Å². The molecule has 1 aliphatic heterocycles. The molecule has 2 atom stereocenters. The lowest BCUT2D eigenvalue weighted by Gasteiger charge is -2.41. The van der Waals surface area contributed by atoms with Gasteiger partial charge in [0.2, 0.25) is 5.91 Å². The van der Waals surface area contributed by atoms with E-state index in [1.54, 1.807) is 0 Å². The topological polar surface area (TPSA) is 83.1 Å². The van der Waals surface area contributed by atoms with Crippen molar-refractivity contribution in [2.24, 2.45) is 0 Å². The summed E-state index contributed by atoms with van der Waals surface area (Å²) in [5.41, 5.74) is -2.28. The fraction of sp³-hybridized carbons (Fsp3) is 0.348. The van der Waals surface area contributed by atoms with E-state index < -0.39 is 42.2 Å². The summed E-state index contributed by atoms with van der Waals surface area (Å²) in [6.45, 7) is -0.371. The molecule has 4 rings (SSSR count). The highest BCUT2D eigenvalue weighted by molar-refractivity contribution is 5.79. The van der Waals surface area contributed by atoms with Crippen LogP contribution in [0.4, 0.5) is 26.3 Å². The molecule has 1 saturated heterocycles. The molecule has 1 fully saturated rings. The molecule has 0 saturated carbocycles. The Bertz CT molecular complexity index is 1140. The molecular weight excluding hydrogens is 492 g/mol. The second-order valence-corrected chi connectivity index (χ2v) is 8.30. The summed E-state index contributed by atoms with van der Waals surface area (Å²) in [5, 5.41) is 10.5. The minimum atomic E-state index is -4.95. The molecule has 0 aliphatic carbocycles. The Morgan fingerprint density at radius 2 is 1.67 bits per heavy atom. The van der Waals surface area contributed by atoms with Crippen LogP contribution in [0.25, 0.3) is 0 Å². The number of benzene rings is 2. The Hall–Kier alpha value is -3.45. The van der Waals surface area contributed by atoms with E-state index in [4.69, 9.17) is 4.74 Å². The van der Waals surface area contributed by atoms with Crippen molar-refractivity contribution in [3.63, 3.8) is 0 Å². The van der Waals surface area contributed by atoms with Gasteiger partial charge in [-0.05, 0) is 29.3 Å². The summed E-state index contributed by atoms with van der Waals surface area (Å²) in [6, 6.07) is 9.44. The van der Waals surface area contributed by atoms with E-state index in [-0.39, 0.29) is 37.2 Å². The highest BCUT2D eigenvalue weighted by Crippen LogP contribution is 2.36. The van der Waals surface area contributed by atoms with Crippen molar-refractivity contribution in [2.45, 2.75) is 37.6 Å². The summed E-state index contributed by atoms with van der Waals surface area (Å²) in [4.78, 5) is 17.1. The zero-order chi connectivity index (χ0) is 25.9. The number of alkyl halides is 6. The predicted molar refractivity (Wildman–Crippen MR) is 114 cm³/mol. The lowest BCUT2D eigenvalue weighted by atomic mass is 9.95. The molecule has 13 heteroatoms. The zero-order valence-electron chi connectivity index (χ0n) is 18.6. The number of aromatic nitrogens is 3. The first-order valence-electron chi connectivity index (χ1n) is 10.8. The Morgan fingerprint density at radius 3 is 2.25 bits per heavy atom. The van der Waals surface area contributed by atoms with E-state index in [1.165, 1.54) is 6.33 Å². The minimum Gasteiger partial charge on any atom is -0.375 e. The molecule has 36 heavy (non-hydrogen) atoms. The highest BCUT2D eigenvalue weighted by atomic mass is 19.4. The summed E-state index contributed by atoms with van der Waals surface area (Å²) >= 11 is 0. The number of carbonyl (C=O) groups excluding carboxylic acids is 1. The van der Waals surface area contributed by atoms with E-state index in [0.29, 0.717) is 18.0 Å². The maximum atomic E-state index is 13.2. The Kier molecular flexibility index (Phi) is 7.31. The molecule has 7 nitrogen and oxygen atoms in total. The molecule has 192 valence electrons. The zero-order valence-corrected chi connectivity index (χ0v) is 18.6. The van der Waals surface area contributed by atoms with E-state index in [0.717, 1.165) is 5.56 Å². The second kappa shape index (κ2) is 10.3. The van der Waals surface area contributed by atoms with Crippen molar-refractivity contribution in [3.05, 3.63) is 82.9 Å². The largest absolute Gasteiger partial charge is 0.416 e. The minimum absolute atomic E-state index is 0.0410. The van der Waals surface area contributed by atoms with Gasteiger partial charge < -0.3 is 15.0 Å². The molecule has 2 heterocycles. The van der Waals surface area contributed by atoms with Crippen LogP contribution in [-0.4, -0.2) is 45.2 Å². The van der Waals surface area contributed by atoms with Gasteiger partial charge in [0.1, 0.15) is 12.2 Å². The Labute approximate surface area is 201 Å². The average molecular weight is 513 g/mol. The molecule has 1 aromatic heterocycles. The highest BCUT2D eigenvalue weighted by Gasteiger charge is 2.38. The molecule has 0 spiro atoms. The fourth-order valence-corrected chi connectivity index (χ4v) is 4.16. The maximum Gasteiger partial charge on any atom is 0.416 e. The predicted octanol–water partition coefficient (Wildman–Crippen LogP) is 4.10. The van der Waals surface area contributed by atoms with Crippen molar-refractivity contribution in [1.82, 2.24) is 25.4 Å². The van der Waals surface area contributed by atoms with Crippen LogP contribution >= 0.6 is 0 Å². The number of piperazine rings is 1. The maximum absolute atomic E-state index is 13.2. The van der Waals surface area contributed by atoms with Crippen LogP contribution in [-0.2, 0) is 35.0 Å². The molecule has 0 radical (unpaired) electrons. The van der Waals surface area contributed by atoms with Gasteiger partial charge in [0.05, 0.1) is 49.5 Å². The summed E-state index contributed by atoms with van der Waals surface area (Å²) in [5.74, 6) is 0.211. The number of carbonyl (C=O) groups is 1. The molecule has 0 unspecified atom stereocenters. The lowest BCUT2D eigenvalue weighted by Crippen LogP contribution is -2.57. The van der Waals surface area contributed by atoms with Crippen molar-refractivity contribution in [2.75, 3.05) is 13.2 Å². The van der Waals surface area contributed by atoms with E-state index in [2.05, 4.69) is 20.5 Å². The molecule has 2 N–H and O–H groups in total. The number of hydrogen-bond donors (Lipinski definition) is 2. The third kappa shape index (κ3) is 6.21. The van der Waals surface area contributed by atoms with E-state index in [9.17, 15) is 31.1 Å². The van der Waals surface area contributed by atoms with Crippen molar-refractivity contribution in [3.8, 4) is 0 Å².